The normalized spacial score (nSPS) is 11.2. The Labute approximate surface area is 171 Å². The molecule has 5 N–H and O–H groups in total. The third kappa shape index (κ3) is 2.85. The Morgan fingerprint density at radius 1 is 1.10 bits per heavy atom. The number of aromatic nitrogens is 5. The zero-order chi connectivity index (χ0) is 20.7. The van der Waals surface area contributed by atoms with Gasteiger partial charge in [0.1, 0.15) is 11.8 Å². The first-order valence-electron chi connectivity index (χ1n) is 9.43. The van der Waals surface area contributed by atoms with Gasteiger partial charge in [-0.15, -0.1) is 0 Å². The molecule has 0 amide bonds. The Morgan fingerprint density at radius 2 is 2.00 bits per heavy atom. The van der Waals surface area contributed by atoms with Crippen LogP contribution in [0.4, 0.5) is 5.82 Å². The molecule has 0 aliphatic heterocycles. The molecule has 8 heteroatoms. The second-order valence-electron chi connectivity index (χ2n) is 7.06. The van der Waals surface area contributed by atoms with Crippen molar-refractivity contribution in [3.05, 3.63) is 71.9 Å². The van der Waals surface area contributed by atoms with E-state index in [2.05, 4.69) is 44.2 Å². The van der Waals surface area contributed by atoms with Gasteiger partial charge in [-0.05, 0) is 34.9 Å². The lowest BCUT2D eigenvalue weighted by Crippen LogP contribution is -2.02. The van der Waals surface area contributed by atoms with Crippen LogP contribution in [0.25, 0.3) is 33.2 Å². The van der Waals surface area contributed by atoms with E-state index in [9.17, 15) is 5.26 Å². The molecule has 2 aromatic carbocycles. The van der Waals surface area contributed by atoms with Crippen LogP contribution in [0.5, 0.6) is 0 Å². The Balaban J connectivity index is 1.66. The third-order valence-electron chi connectivity index (χ3n) is 5.23. The van der Waals surface area contributed by atoms with Gasteiger partial charge < -0.3 is 21.0 Å². The van der Waals surface area contributed by atoms with E-state index in [0.29, 0.717) is 35.6 Å². The summed E-state index contributed by atoms with van der Waals surface area (Å²) in [6, 6.07) is 16.0. The minimum atomic E-state index is 0.363. The lowest BCUT2D eigenvalue weighted by Gasteiger charge is -2.10. The van der Waals surface area contributed by atoms with Crippen LogP contribution >= 0.6 is 0 Å². The molecule has 5 rings (SSSR count). The van der Waals surface area contributed by atoms with Crippen molar-refractivity contribution in [1.29, 1.82) is 5.26 Å². The Hall–Kier alpha value is -4.22. The van der Waals surface area contributed by atoms with Crippen LogP contribution in [0, 0.1) is 11.3 Å². The number of nitriles is 1. The van der Waals surface area contributed by atoms with Crippen molar-refractivity contribution in [3.63, 3.8) is 0 Å². The van der Waals surface area contributed by atoms with Crippen molar-refractivity contribution < 1.29 is 0 Å². The van der Waals surface area contributed by atoms with Crippen LogP contribution in [0.1, 0.15) is 16.8 Å². The van der Waals surface area contributed by atoms with E-state index in [0.717, 1.165) is 33.3 Å². The maximum absolute atomic E-state index is 9.26. The van der Waals surface area contributed by atoms with Crippen molar-refractivity contribution >= 4 is 27.9 Å². The van der Waals surface area contributed by atoms with Crippen LogP contribution < -0.4 is 11.5 Å². The third-order valence-corrected chi connectivity index (χ3v) is 5.23. The molecule has 0 saturated heterocycles. The number of nitrogens with zero attached hydrogens (tertiary/aromatic N) is 5. The maximum atomic E-state index is 9.26. The van der Waals surface area contributed by atoms with E-state index in [1.165, 1.54) is 6.33 Å². The van der Waals surface area contributed by atoms with Gasteiger partial charge in [0.15, 0.2) is 11.5 Å². The Kier molecular flexibility index (Phi) is 4.16. The first kappa shape index (κ1) is 17.8. The average molecular weight is 394 g/mol. The molecular formula is C22H18N8. The number of hydrogen-bond acceptors (Lipinski definition) is 6. The highest BCUT2D eigenvalue weighted by atomic mass is 15.1. The molecule has 0 atom stereocenters. The van der Waals surface area contributed by atoms with E-state index >= 15 is 0 Å². The second kappa shape index (κ2) is 6.99. The molecule has 0 bridgehead atoms. The minimum Gasteiger partial charge on any atom is -0.382 e. The summed E-state index contributed by atoms with van der Waals surface area (Å²) in [5, 5.41) is 10.3. The Morgan fingerprint density at radius 3 is 2.83 bits per heavy atom. The van der Waals surface area contributed by atoms with Gasteiger partial charge in [-0.2, -0.15) is 5.26 Å². The largest absolute Gasteiger partial charge is 0.382 e. The number of H-pyrrole nitrogens is 1. The highest BCUT2D eigenvalue weighted by Crippen LogP contribution is 2.32. The molecule has 0 spiro atoms. The van der Waals surface area contributed by atoms with Gasteiger partial charge in [-0.3, -0.25) is 0 Å². The number of fused-ring (bicyclic) bond motifs is 2. The van der Waals surface area contributed by atoms with Crippen molar-refractivity contribution in [2.45, 2.75) is 13.1 Å². The molecule has 0 fully saturated rings. The zero-order valence-corrected chi connectivity index (χ0v) is 16.0. The van der Waals surface area contributed by atoms with Gasteiger partial charge in [-0.25, -0.2) is 15.0 Å². The quantitative estimate of drug-likeness (QED) is 0.429. The SMILES string of the molecule is N#Cc1cccc(-c2ccc(Cn3cnc4c(N)ncnc43)c3[nH]c(CN)cc23)c1. The van der Waals surface area contributed by atoms with Gasteiger partial charge in [0, 0.05) is 17.6 Å². The summed E-state index contributed by atoms with van der Waals surface area (Å²) in [7, 11) is 0. The molecule has 8 nitrogen and oxygen atoms in total. The molecule has 146 valence electrons. The fourth-order valence-electron chi connectivity index (χ4n) is 3.78. The van der Waals surface area contributed by atoms with Gasteiger partial charge in [0.2, 0.25) is 0 Å². The smallest absolute Gasteiger partial charge is 0.165 e. The lowest BCUT2D eigenvalue weighted by atomic mass is 9.97. The van der Waals surface area contributed by atoms with E-state index in [1.807, 2.05) is 22.8 Å². The van der Waals surface area contributed by atoms with Gasteiger partial charge >= 0.3 is 0 Å². The molecule has 0 aliphatic carbocycles. The van der Waals surface area contributed by atoms with Crippen molar-refractivity contribution in [2.75, 3.05) is 5.73 Å². The summed E-state index contributed by atoms with van der Waals surface area (Å²) >= 11 is 0. The second-order valence-corrected chi connectivity index (χ2v) is 7.06. The Bertz CT molecular complexity index is 1440. The van der Waals surface area contributed by atoms with Crippen molar-refractivity contribution in [1.82, 2.24) is 24.5 Å². The molecular weight excluding hydrogens is 376 g/mol. The fraction of sp³-hybridized carbons (Fsp3) is 0.0909. The number of aromatic amines is 1. The summed E-state index contributed by atoms with van der Waals surface area (Å²) < 4.78 is 1.95. The van der Waals surface area contributed by atoms with Crippen LogP contribution in [0.2, 0.25) is 0 Å². The molecule has 0 radical (unpaired) electrons. The number of nitrogens with two attached hydrogens (primary N) is 2. The summed E-state index contributed by atoms with van der Waals surface area (Å²) in [4.78, 5) is 16.1. The number of imidazole rings is 1. The monoisotopic (exact) mass is 394 g/mol. The number of anilines is 1. The summed E-state index contributed by atoms with van der Waals surface area (Å²) in [5.74, 6) is 0.363. The minimum absolute atomic E-state index is 0.363. The molecule has 30 heavy (non-hydrogen) atoms. The van der Waals surface area contributed by atoms with E-state index < -0.39 is 0 Å². The standard InChI is InChI=1S/C22H18N8/c23-8-13-2-1-3-14(6-13)17-5-4-15(19-18(17)7-16(9-24)29-19)10-30-12-28-20-21(25)26-11-27-22(20)30/h1-7,11-12,29H,9-10,24H2,(H2,25,26,27). The average Bonchev–Trinajstić information content (AvgIpc) is 3.39. The van der Waals surface area contributed by atoms with Gasteiger partial charge in [-0.1, -0.05) is 24.3 Å². The van der Waals surface area contributed by atoms with E-state index in [4.69, 9.17) is 11.5 Å². The van der Waals surface area contributed by atoms with Crippen LogP contribution in [-0.2, 0) is 13.1 Å². The van der Waals surface area contributed by atoms with Crippen molar-refractivity contribution in [3.8, 4) is 17.2 Å². The van der Waals surface area contributed by atoms with Crippen molar-refractivity contribution in [2.24, 2.45) is 5.73 Å². The zero-order valence-electron chi connectivity index (χ0n) is 16.0. The summed E-state index contributed by atoms with van der Waals surface area (Å²) in [6.07, 6.45) is 3.16. The maximum Gasteiger partial charge on any atom is 0.165 e. The fourth-order valence-corrected chi connectivity index (χ4v) is 3.78. The summed E-state index contributed by atoms with van der Waals surface area (Å²) in [6.45, 7) is 0.968. The van der Waals surface area contributed by atoms with E-state index in [1.54, 1.807) is 12.4 Å². The number of rotatable bonds is 4. The number of nitrogens with one attached hydrogen (secondary N) is 1. The first-order chi connectivity index (χ1) is 14.7. The first-order valence-corrected chi connectivity index (χ1v) is 9.43. The number of hydrogen-bond donors (Lipinski definition) is 3. The van der Waals surface area contributed by atoms with Gasteiger partial charge in [0.05, 0.1) is 30.0 Å². The van der Waals surface area contributed by atoms with Crippen LogP contribution in [0.3, 0.4) is 0 Å². The van der Waals surface area contributed by atoms with Crippen LogP contribution in [0.15, 0.2) is 55.1 Å². The highest BCUT2D eigenvalue weighted by molar-refractivity contribution is 5.97. The topological polar surface area (TPSA) is 135 Å². The van der Waals surface area contributed by atoms with Gasteiger partial charge in [0.25, 0.3) is 0 Å². The highest BCUT2D eigenvalue weighted by Gasteiger charge is 2.14. The molecule has 0 unspecified atom stereocenters. The molecule has 3 aromatic heterocycles. The summed E-state index contributed by atoms with van der Waals surface area (Å²) in [5.41, 5.74) is 18.8. The molecule has 3 heterocycles. The predicted molar refractivity (Wildman–Crippen MR) is 115 cm³/mol. The lowest BCUT2D eigenvalue weighted by molar-refractivity contribution is 0.817. The van der Waals surface area contributed by atoms with Crippen LogP contribution in [-0.4, -0.2) is 24.5 Å². The molecule has 5 aromatic rings. The number of benzene rings is 2. The molecule has 0 saturated carbocycles. The van der Waals surface area contributed by atoms with E-state index in [-0.39, 0.29) is 0 Å². The number of nitrogen functional groups attached to an aromatic ring is 1. The predicted octanol–water partition coefficient (Wildman–Crippen LogP) is 2.94. The molecule has 0 aliphatic rings.